The molecule has 0 amide bonds. The van der Waals surface area contributed by atoms with E-state index < -0.39 is 0 Å². The molecule has 2 rings (SSSR count). The summed E-state index contributed by atoms with van der Waals surface area (Å²) in [7, 11) is 0. The number of hydrogen-bond acceptors (Lipinski definition) is 2. The van der Waals surface area contributed by atoms with Crippen molar-refractivity contribution in [3.8, 4) is 0 Å². The predicted octanol–water partition coefficient (Wildman–Crippen LogP) is 3.67. The zero-order valence-electron chi connectivity index (χ0n) is 10.3. The molecule has 2 heteroatoms. The number of aryl methyl sites for hydroxylation is 1. The minimum Gasteiger partial charge on any atom is -0.310 e. The Morgan fingerprint density at radius 3 is 3.12 bits per heavy atom. The topological polar surface area (TPSA) is 12.0 Å². The Labute approximate surface area is 103 Å². The Morgan fingerprint density at radius 2 is 2.31 bits per heavy atom. The minimum atomic E-state index is 0.574. The van der Waals surface area contributed by atoms with E-state index in [-0.39, 0.29) is 0 Å². The summed E-state index contributed by atoms with van der Waals surface area (Å²) in [6, 6.07) is 7.32. The molecule has 1 atom stereocenters. The summed E-state index contributed by atoms with van der Waals surface area (Å²) in [5.41, 5.74) is 4.56. The molecule has 1 unspecified atom stereocenters. The zero-order chi connectivity index (χ0) is 11.4. The van der Waals surface area contributed by atoms with E-state index in [0.717, 1.165) is 6.54 Å². The van der Waals surface area contributed by atoms with Gasteiger partial charge in [-0.15, -0.1) is 0 Å². The average Bonchev–Trinajstić information content (AvgIpc) is 2.50. The van der Waals surface area contributed by atoms with Crippen LogP contribution in [-0.4, -0.2) is 12.3 Å². The van der Waals surface area contributed by atoms with Crippen molar-refractivity contribution in [2.24, 2.45) is 0 Å². The first-order chi connectivity index (χ1) is 7.83. The maximum absolute atomic E-state index is 3.68. The second-order valence-corrected chi connectivity index (χ2v) is 5.60. The van der Waals surface area contributed by atoms with Gasteiger partial charge >= 0.3 is 0 Å². The van der Waals surface area contributed by atoms with Crippen molar-refractivity contribution >= 4 is 11.8 Å². The Hall–Kier alpha value is -0.470. The molecule has 1 heterocycles. The number of hydrogen-bond donors (Lipinski definition) is 1. The third-order valence-electron chi connectivity index (χ3n) is 3.26. The molecule has 0 bridgehead atoms. The van der Waals surface area contributed by atoms with Crippen molar-refractivity contribution < 1.29 is 0 Å². The van der Waals surface area contributed by atoms with Gasteiger partial charge in [0.25, 0.3) is 0 Å². The van der Waals surface area contributed by atoms with Crippen LogP contribution < -0.4 is 5.32 Å². The summed E-state index contributed by atoms with van der Waals surface area (Å²) in [4.78, 5) is 0. The highest BCUT2D eigenvalue weighted by Gasteiger charge is 2.18. The van der Waals surface area contributed by atoms with Crippen molar-refractivity contribution in [3.63, 3.8) is 0 Å². The van der Waals surface area contributed by atoms with E-state index in [9.17, 15) is 0 Å². The number of rotatable bonds is 3. The van der Waals surface area contributed by atoms with Crippen LogP contribution in [0.1, 0.15) is 42.5 Å². The summed E-state index contributed by atoms with van der Waals surface area (Å²) < 4.78 is 0. The lowest BCUT2D eigenvalue weighted by Crippen LogP contribution is -2.23. The number of thioether (sulfide) groups is 1. The highest BCUT2D eigenvalue weighted by Crippen LogP contribution is 2.32. The van der Waals surface area contributed by atoms with Gasteiger partial charge in [-0.3, -0.25) is 0 Å². The van der Waals surface area contributed by atoms with Crippen molar-refractivity contribution in [1.29, 1.82) is 0 Å². The summed E-state index contributed by atoms with van der Waals surface area (Å²) in [6.07, 6.45) is 2.48. The third kappa shape index (κ3) is 2.61. The highest BCUT2D eigenvalue weighted by molar-refractivity contribution is 7.98. The van der Waals surface area contributed by atoms with E-state index in [2.05, 4.69) is 49.1 Å². The summed E-state index contributed by atoms with van der Waals surface area (Å²) in [5, 5.41) is 3.68. The van der Waals surface area contributed by atoms with Gasteiger partial charge in [0.05, 0.1) is 0 Å². The molecule has 0 aliphatic carbocycles. The van der Waals surface area contributed by atoms with Gasteiger partial charge in [-0.05, 0) is 48.8 Å². The van der Waals surface area contributed by atoms with Crippen LogP contribution in [0.2, 0.25) is 0 Å². The van der Waals surface area contributed by atoms with Gasteiger partial charge in [-0.25, -0.2) is 0 Å². The van der Waals surface area contributed by atoms with Gasteiger partial charge < -0.3 is 5.32 Å². The summed E-state index contributed by atoms with van der Waals surface area (Å²) in [5.74, 6) is 2.46. The Balaban J connectivity index is 2.26. The molecular formula is C14H21NS. The summed E-state index contributed by atoms with van der Waals surface area (Å²) >= 11 is 2.07. The quantitative estimate of drug-likeness (QED) is 0.858. The lowest BCUT2D eigenvalue weighted by Gasteiger charge is -2.19. The fraction of sp³-hybridized carbons (Fsp3) is 0.571. The van der Waals surface area contributed by atoms with Crippen LogP contribution in [0, 0.1) is 6.92 Å². The van der Waals surface area contributed by atoms with Crippen LogP contribution in [0.5, 0.6) is 0 Å². The molecule has 88 valence electrons. The molecule has 0 saturated carbocycles. The SMILES string of the molecule is CCCNC1CCSCc2c(C)cccc21. The van der Waals surface area contributed by atoms with Gasteiger partial charge in [0, 0.05) is 11.8 Å². The molecule has 16 heavy (non-hydrogen) atoms. The van der Waals surface area contributed by atoms with Crippen LogP contribution in [-0.2, 0) is 5.75 Å². The normalized spacial score (nSPS) is 20.2. The lowest BCUT2D eigenvalue weighted by molar-refractivity contribution is 0.521. The highest BCUT2D eigenvalue weighted by atomic mass is 32.2. The average molecular weight is 235 g/mol. The van der Waals surface area contributed by atoms with E-state index in [1.54, 1.807) is 11.1 Å². The Kier molecular flexibility index (Phi) is 4.30. The van der Waals surface area contributed by atoms with Crippen molar-refractivity contribution in [1.82, 2.24) is 5.32 Å². The number of benzene rings is 1. The molecule has 0 radical (unpaired) electrons. The zero-order valence-corrected chi connectivity index (χ0v) is 11.1. The number of fused-ring (bicyclic) bond motifs is 1. The molecule has 0 spiro atoms. The van der Waals surface area contributed by atoms with Gasteiger partial charge in [0.15, 0.2) is 0 Å². The molecule has 1 aromatic rings. The van der Waals surface area contributed by atoms with E-state index in [4.69, 9.17) is 0 Å². The monoisotopic (exact) mass is 235 g/mol. The van der Waals surface area contributed by atoms with E-state index in [0.29, 0.717) is 6.04 Å². The van der Waals surface area contributed by atoms with Crippen molar-refractivity contribution in [2.75, 3.05) is 12.3 Å². The lowest BCUT2D eigenvalue weighted by atomic mass is 9.96. The molecule has 0 aromatic heterocycles. The van der Waals surface area contributed by atoms with Gasteiger partial charge in [0.2, 0.25) is 0 Å². The van der Waals surface area contributed by atoms with Crippen molar-refractivity contribution in [2.45, 2.75) is 38.5 Å². The van der Waals surface area contributed by atoms with Crippen molar-refractivity contribution in [3.05, 3.63) is 34.9 Å². The first kappa shape index (κ1) is 12.0. The second-order valence-electron chi connectivity index (χ2n) is 4.49. The Bertz CT molecular complexity index is 349. The van der Waals surface area contributed by atoms with Gasteiger partial charge in [-0.2, -0.15) is 11.8 Å². The molecule has 1 aliphatic heterocycles. The first-order valence-corrected chi connectivity index (χ1v) is 7.38. The standard InChI is InChI=1S/C14H21NS/c1-3-8-15-14-7-9-16-10-13-11(2)5-4-6-12(13)14/h4-6,14-15H,3,7-10H2,1-2H3. The van der Waals surface area contributed by atoms with Crippen LogP contribution in [0.3, 0.4) is 0 Å². The second kappa shape index (κ2) is 5.74. The van der Waals surface area contributed by atoms with Crippen LogP contribution in [0.25, 0.3) is 0 Å². The first-order valence-electron chi connectivity index (χ1n) is 6.22. The van der Waals surface area contributed by atoms with E-state index >= 15 is 0 Å². The van der Waals surface area contributed by atoms with Gasteiger partial charge in [0.1, 0.15) is 0 Å². The largest absolute Gasteiger partial charge is 0.310 e. The molecule has 0 fully saturated rings. The molecule has 1 aliphatic rings. The van der Waals surface area contributed by atoms with E-state index in [1.807, 2.05) is 0 Å². The van der Waals surface area contributed by atoms with Gasteiger partial charge in [-0.1, -0.05) is 25.1 Å². The predicted molar refractivity (Wildman–Crippen MR) is 73.0 cm³/mol. The smallest absolute Gasteiger partial charge is 0.0331 e. The van der Waals surface area contributed by atoms with Crippen LogP contribution >= 0.6 is 11.8 Å². The summed E-state index contributed by atoms with van der Waals surface area (Å²) in [6.45, 7) is 5.60. The fourth-order valence-electron chi connectivity index (χ4n) is 2.31. The minimum absolute atomic E-state index is 0.574. The van der Waals surface area contributed by atoms with Crippen LogP contribution in [0.15, 0.2) is 18.2 Å². The molecule has 1 aromatic carbocycles. The third-order valence-corrected chi connectivity index (χ3v) is 4.28. The van der Waals surface area contributed by atoms with E-state index in [1.165, 1.54) is 29.9 Å². The molecular weight excluding hydrogens is 214 g/mol. The maximum Gasteiger partial charge on any atom is 0.0331 e. The molecule has 1 nitrogen and oxygen atoms in total. The van der Waals surface area contributed by atoms with Crippen LogP contribution in [0.4, 0.5) is 0 Å². The molecule has 0 saturated heterocycles. The fourth-order valence-corrected chi connectivity index (χ4v) is 3.46. The number of nitrogens with one attached hydrogen (secondary N) is 1. The maximum atomic E-state index is 3.68. The molecule has 1 N–H and O–H groups in total. The Morgan fingerprint density at radius 1 is 1.44 bits per heavy atom.